The molecule has 0 bridgehead atoms. The fourth-order valence-corrected chi connectivity index (χ4v) is 1.90. The van der Waals surface area contributed by atoms with Gasteiger partial charge in [-0.3, -0.25) is 14.6 Å². The van der Waals surface area contributed by atoms with Gasteiger partial charge in [-0.15, -0.1) is 0 Å². The van der Waals surface area contributed by atoms with Crippen LogP contribution in [0.1, 0.15) is 20.7 Å². The zero-order valence-corrected chi connectivity index (χ0v) is 12.1. The summed E-state index contributed by atoms with van der Waals surface area (Å²) < 4.78 is 5.02. The van der Waals surface area contributed by atoms with Gasteiger partial charge in [-0.1, -0.05) is 11.6 Å². The number of Topliss-reactive ketones (excluding diaryl/α,β-unsaturated/α-hetero) is 1. The number of halogens is 1. The highest BCUT2D eigenvalue weighted by atomic mass is 35.5. The number of ketones is 1. The number of amides is 1. The van der Waals surface area contributed by atoms with Crippen LogP contribution in [0.15, 0.2) is 42.7 Å². The Bertz CT molecular complexity index is 656. The van der Waals surface area contributed by atoms with E-state index >= 15 is 0 Å². The number of carbonyl (C=O) groups excluding carboxylic acids is 2. The molecule has 1 heterocycles. The molecule has 0 atom stereocenters. The second-order valence-corrected chi connectivity index (χ2v) is 4.60. The zero-order chi connectivity index (χ0) is 15.2. The lowest BCUT2D eigenvalue weighted by molar-refractivity contribution is 0.0904. The van der Waals surface area contributed by atoms with Gasteiger partial charge in [0.1, 0.15) is 5.75 Å². The van der Waals surface area contributed by atoms with Gasteiger partial charge in [-0.05, 0) is 30.3 Å². The average molecular weight is 305 g/mol. The topological polar surface area (TPSA) is 68.3 Å². The van der Waals surface area contributed by atoms with Crippen LogP contribution in [-0.4, -0.2) is 30.3 Å². The first-order chi connectivity index (χ1) is 10.1. The fraction of sp³-hybridized carbons (Fsp3) is 0.133. The summed E-state index contributed by atoms with van der Waals surface area (Å²) in [5, 5.41) is 2.78. The molecule has 2 aromatic rings. The summed E-state index contributed by atoms with van der Waals surface area (Å²) in [4.78, 5) is 27.7. The summed E-state index contributed by atoms with van der Waals surface area (Å²) in [7, 11) is 1.55. The summed E-state index contributed by atoms with van der Waals surface area (Å²) in [6, 6.07) is 8.17. The molecule has 6 heteroatoms. The molecule has 0 aliphatic carbocycles. The Morgan fingerprint density at radius 1 is 1.24 bits per heavy atom. The predicted octanol–water partition coefficient (Wildman–Crippen LogP) is 2.36. The number of rotatable bonds is 5. The second kappa shape index (κ2) is 6.85. The van der Waals surface area contributed by atoms with E-state index in [-0.39, 0.29) is 22.9 Å². The van der Waals surface area contributed by atoms with Gasteiger partial charge in [-0.25, -0.2) is 0 Å². The van der Waals surface area contributed by atoms with Crippen LogP contribution in [0.3, 0.4) is 0 Å². The molecule has 21 heavy (non-hydrogen) atoms. The maximum atomic E-state index is 12.0. The molecular weight excluding hydrogens is 292 g/mol. The van der Waals surface area contributed by atoms with E-state index < -0.39 is 5.91 Å². The van der Waals surface area contributed by atoms with E-state index in [1.165, 1.54) is 18.5 Å². The number of carbonyl (C=O) groups is 2. The van der Waals surface area contributed by atoms with Crippen LogP contribution < -0.4 is 10.1 Å². The third-order valence-electron chi connectivity index (χ3n) is 2.84. The van der Waals surface area contributed by atoms with Crippen molar-refractivity contribution in [1.29, 1.82) is 0 Å². The highest BCUT2D eigenvalue weighted by molar-refractivity contribution is 6.33. The number of nitrogens with one attached hydrogen (secondary N) is 1. The summed E-state index contributed by atoms with van der Waals surface area (Å²) >= 11 is 5.86. The summed E-state index contributed by atoms with van der Waals surface area (Å²) in [5.74, 6) is 0.0552. The van der Waals surface area contributed by atoms with E-state index in [2.05, 4.69) is 10.3 Å². The molecule has 2 rings (SSSR count). The van der Waals surface area contributed by atoms with E-state index in [4.69, 9.17) is 16.3 Å². The monoisotopic (exact) mass is 304 g/mol. The van der Waals surface area contributed by atoms with E-state index in [0.717, 1.165) is 0 Å². The van der Waals surface area contributed by atoms with Crippen LogP contribution in [0.25, 0.3) is 0 Å². The Kier molecular flexibility index (Phi) is 4.90. The molecule has 0 fully saturated rings. The van der Waals surface area contributed by atoms with Gasteiger partial charge in [0, 0.05) is 18.0 Å². The lowest BCUT2D eigenvalue weighted by atomic mass is 10.1. The smallest absolute Gasteiger partial charge is 0.253 e. The van der Waals surface area contributed by atoms with E-state index in [1.54, 1.807) is 31.4 Å². The molecule has 1 aromatic carbocycles. The second-order valence-electron chi connectivity index (χ2n) is 4.19. The van der Waals surface area contributed by atoms with Gasteiger partial charge in [0.15, 0.2) is 5.78 Å². The van der Waals surface area contributed by atoms with Crippen LogP contribution >= 0.6 is 11.6 Å². The quantitative estimate of drug-likeness (QED) is 0.861. The average Bonchev–Trinajstić information content (AvgIpc) is 2.52. The molecule has 0 unspecified atom stereocenters. The Balaban J connectivity index is 1.97. The maximum absolute atomic E-state index is 12.0. The minimum atomic E-state index is -0.413. The lowest BCUT2D eigenvalue weighted by Crippen LogP contribution is -2.29. The van der Waals surface area contributed by atoms with Crippen molar-refractivity contribution < 1.29 is 14.3 Å². The van der Waals surface area contributed by atoms with Gasteiger partial charge < -0.3 is 10.1 Å². The number of hydrogen-bond donors (Lipinski definition) is 1. The van der Waals surface area contributed by atoms with Crippen molar-refractivity contribution in [2.45, 2.75) is 0 Å². The predicted molar refractivity (Wildman–Crippen MR) is 78.9 cm³/mol. The molecule has 1 aromatic heterocycles. The first-order valence-electron chi connectivity index (χ1n) is 6.17. The number of methoxy groups -OCH3 is 1. The molecule has 0 radical (unpaired) electrons. The van der Waals surface area contributed by atoms with Crippen molar-refractivity contribution in [2.24, 2.45) is 0 Å². The molecule has 0 aliphatic rings. The molecule has 0 aliphatic heterocycles. The van der Waals surface area contributed by atoms with E-state index in [0.29, 0.717) is 11.3 Å². The normalized spacial score (nSPS) is 10.0. The number of ether oxygens (including phenoxy) is 1. The van der Waals surface area contributed by atoms with Crippen molar-refractivity contribution in [2.75, 3.05) is 13.7 Å². The zero-order valence-electron chi connectivity index (χ0n) is 11.3. The Labute approximate surface area is 126 Å². The van der Waals surface area contributed by atoms with Gasteiger partial charge in [-0.2, -0.15) is 0 Å². The van der Waals surface area contributed by atoms with Crippen LogP contribution in [0.5, 0.6) is 5.75 Å². The summed E-state index contributed by atoms with van der Waals surface area (Å²) in [6.45, 7) is -0.107. The number of hydrogen-bond acceptors (Lipinski definition) is 4. The molecule has 5 nitrogen and oxygen atoms in total. The lowest BCUT2D eigenvalue weighted by Gasteiger charge is -2.06. The number of benzene rings is 1. The van der Waals surface area contributed by atoms with Crippen LogP contribution in [-0.2, 0) is 0 Å². The van der Waals surface area contributed by atoms with Crippen molar-refractivity contribution >= 4 is 23.3 Å². The van der Waals surface area contributed by atoms with Crippen LogP contribution in [0.2, 0.25) is 5.02 Å². The number of aromatic nitrogens is 1. The Hall–Kier alpha value is -2.40. The third kappa shape index (κ3) is 3.79. The highest BCUT2D eigenvalue weighted by Crippen LogP contribution is 2.13. The van der Waals surface area contributed by atoms with Crippen LogP contribution in [0.4, 0.5) is 0 Å². The number of nitrogens with zero attached hydrogens (tertiary/aromatic N) is 1. The van der Waals surface area contributed by atoms with Crippen molar-refractivity contribution in [3.05, 3.63) is 58.9 Å². The fourth-order valence-electron chi connectivity index (χ4n) is 1.69. The molecule has 1 N–H and O–H groups in total. The minimum Gasteiger partial charge on any atom is -0.497 e. The standard InChI is InChI=1S/C15H13ClN2O3/c1-21-11-4-2-10(3-5-11)14(19)9-18-15(20)12-6-7-17-8-13(12)16/h2-8H,9H2,1H3,(H,18,20). The molecule has 108 valence electrons. The first kappa shape index (κ1) is 15.0. The molecule has 0 saturated carbocycles. The van der Waals surface area contributed by atoms with E-state index in [1.807, 2.05) is 0 Å². The van der Waals surface area contributed by atoms with Crippen molar-refractivity contribution in [3.63, 3.8) is 0 Å². The van der Waals surface area contributed by atoms with Crippen LogP contribution in [0, 0.1) is 0 Å². The first-order valence-corrected chi connectivity index (χ1v) is 6.54. The van der Waals surface area contributed by atoms with Gasteiger partial charge in [0.05, 0.1) is 24.2 Å². The Morgan fingerprint density at radius 2 is 1.95 bits per heavy atom. The highest BCUT2D eigenvalue weighted by Gasteiger charge is 2.12. The van der Waals surface area contributed by atoms with Crippen molar-refractivity contribution in [1.82, 2.24) is 10.3 Å². The van der Waals surface area contributed by atoms with E-state index in [9.17, 15) is 9.59 Å². The van der Waals surface area contributed by atoms with Gasteiger partial charge in [0.25, 0.3) is 5.91 Å². The summed E-state index contributed by atoms with van der Waals surface area (Å²) in [6.07, 6.45) is 2.84. The maximum Gasteiger partial charge on any atom is 0.253 e. The Morgan fingerprint density at radius 3 is 2.57 bits per heavy atom. The van der Waals surface area contributed by atoms with Crippen molar-refractivity contribution in [3.8, 4) is 5.75 Å². The minimum absolute atomic E-state index is 0.107. The van der Waals surface area contributed by atoms with Gasteiger partial charge in [0.2, 0.25) is 0 Å². The summed E-state index contributed by atoms with van der Waals surface area (Å²) in [5.41, 5.74) is 0.783. The molecule has 0 spiro atoms. The molecule has 1 amide bonds. The number of pyridine rings is 1. The van der Waals surface area contributed by atoms with Gasteiger partial charge >= 0.3 is 0 Å². The largest absolute Gasteiger partial charge is 0.497 e. The molecular formula is C15H13ClN2O3. The third-order valence-corrected chi connectivity index (χ3v) is 3.14. The molecule has 0 saturated heterocycles. The SMILES string of the molecule is COc1ccc(C(=O)CNC(=O)c2ccncc2Cl)cc1.